The predicted molar refractivity (Wildman–Crippen MR) is 51.4 cm³/mol. The Morgan fingerprint density at radius 3 is 1.75 bits per heavy atom. The van der Waals surface area contributed by atoms with Crippen LogP contribution in [0.25, 0.3) is 0 Å². The van der Waals surface area contributed by atoms with Gasteiger partial charge in [-0.1, -0.05) is 0 Å². The molecule has 0 bridgehead atoms. The monoisotopic (exact) mass is 259 g/mol. The van der Waals surface area contributed by atoms with Crippen molar-refractivity contribution in [2.45, 2.75) is 12.5 Å². The molecule has 0 aliphatic rings. The number of rotatable bonds is 5. The molecule has 96 valence electrons. The van der Waals surface area contributed by atoms with Gasteiger partial charge in [-0.2, -0.15) is 8.42 Å². The molecular formula is C6H13NO8S. The molecule has 10 heteroatoms. The highest BCUT2D eigenvalue weighted by Crippen LogP contribution is 1.86. The highest BCUT2D eigenvalue weighted by molar-refractivity contribution is 7.85. The molecule has 6 N–H and O–H groups in total. The second kappa shape index (κ2) is 7.98. The van der Waals surface area contributed by atoms with E-state index in [-0.39, 0.29) is 0 Å². The molecule has 0 heterocycles. The van der Waals surface area contributed by atoms with Crippen molar-refractivity contribution < 1.29 is 37.9 Å². The topological polar surface area (TPSA) is 175 Å². The zero-order chi connectivity index (χ0) is 13.4. The van der Waals surface area contributed by atoms with Crippen LogP contribution in [-0.4, -0.2) is 58.6 Å². The first-order chi connectivity index (χ1) is 7.10. The summed E-state index contributed by atoms with van der Waals surface area (Å²) < 4.78 is 27.1. The summed E-state index contributed by atoms with van der Waals surface area (Å²) in [5.74, 6) is -3.07. The van der Waals surface area contributed by atoms with E-state index in [2.05, 4.69) is 0 Å². The number of aliphatic hydroxyl groups is 1. The van der Waals surface area contributed by atoms with E-state index in [1.807, 2.05) is 0 Å². The number of nitrogens with two attached hydrogens (primary N) is 1. The van der Waals surface area contributed by atoms with Crippen molar-refractivity contribution in [3.8, 4) is 0 Å². The molecule has 0 aliphatic carbocycles. The Labute approximate surface area is 91.2 Å². The summed E-state index contributed by atoms with van der Waals surface area (Å²) >= 11 is 0. The fourth-order valence-electron chi connectivity index (χ4n) is 0.391. The highest BCUT2D eigenvalue weighted by atomic mass is 32.2. The molecule has 16 heavy (non-hydrogen) atoms. The minimum atomic E-state index is -3.92. The van der Waals surface area contributed by atoms with Gasteiger partial charge in [-0.15, -0.1) is 0 Å². The van der Waals surface area contributed by atoms with Crippen LogP contribution < -0.4 is 5.73 Å². The third-order valence-electron chi connectivity index (χ3n) is 1.06. The zero-order valence-electron chi connectivity index (χ0n) is 8.11. The Balaban J connectivity index is 0. The molecule has 1 atom stereocenters. The van der Waals surface area contributed by atoms with Gasteiger partial charge in [0.1, 0.15) is 6.04 Å². The van der Waals surface area contributed by atoms with Crippen molar-refractivity contribution in [2.24, 2.45) is 5.73 Å². The van der Waals surface area contributed by atoms with Crippen LogP contribution in [0.5, 0.6) is 0 Å². The lowest BCUT2D eigenvalue weighted by Crippen LogP contribution is -2.32. The van der Waals surface area contributed by atoms with E-state index < -0.39 is 46.9 Å². The van der Waals surface area contributed by atoms with Crippen molar-refractivity contribution in [3.05, 3.63) is 0 Å². The van der Waals surface area contributed by atoms with Gasteiger partial charge in [-0.05, 0) is 0 Å². The van der Waals surface area contributed by atoms with Gasteiger partial charge < -0.3 is 21.1 Å². The summed E-state index contributed by atoms with van der Waals surface area (Å²) in [6, 6.07) is -1.29. The highest BCUT2D eigenvalue weighted by Gasteiger charge is 2.14. The van der Waals surface area contributed by atoms with E-state index in [1.54, 1.807) is 0 Å². The van der Waals surface area contributed by atoms with Crippen LogP contribution in [-0.2, 0) is 19.7 Å². The number of aliphatic carboxylic acids is 2. The first-order valence-electron chi connectivity index (χ1n) is 3.86. The van der Waals surface area contributed by atoms with Gasteiger partial charge >= 0.3 is 11.9 Å². The van der Waals surface area contributed by atoms with Crippen LogP contribution in [0.2, 0.25) is 0 Å². The summed E-state index contributed by atoms with van der Waals surface area (Å²) in [5.41, 5.74) is 4.84. The fraction of sp³-hybridized carbons (Fsp3) is 0.667. The van der Waals surface area contributed by atoms with Gasteiger partial charge in [0.2, 0.25) is 0 Å². The average Bonchev–Trinajstić information content (AvgIpc) is 2.01. The lowest BCUT2D eigenvalue weighted by atomic mass is 10.2. The Hall–Kier alpha value is -1.23. The first-order valence-corrected chi connectivity index (χ1v) is 5.47. The molecule has 0 spiro atoms. The van der Waals surface area contributed by atoms with Crippen LogP contribution in [0.1, 0.15) is 6.42 Å². The van der Waals surface area contributed by atoms with Gasteiger partial charge in [0.15, 0.2) is 0 Å². The molecule has 0 saturated heterocycles. The smallest absolute Gasteiger partial charge is 0.321 e. The Morgan fingerprint density at radius 2 is 1.69 bits per heavy atom. The summed E-state index contributed by atoms with van der Waals surface area (Å²) in [7, 11) is -3.92. The molecular weight excluding hydrogens is 246 g/mol. The molecule has 0 radical (unpaired) electrons. The molecule has 0 aromatic heterocycles. The minimum absolute atomic E-state index is 0.529. The average molecular weight is 259 g/mol. The van der Waals surface area contributed by atoms with Crippen LogP contribution in [0.4, 0.5) is 0 Å². The molecule has 0 aliphatic heterocycles. The van der Waals surface area contributed by atoms with Gasteiger partial charge in [0.05, 0.1) is 18.8 Å². The molecule has 0 rings (SSSR count). The predicted octanol–water partition coefficient (Wildman–Crippen LogP) is -2.26. The number of carboxylic acid groups (broad SMARTS) is 2. The van der Waals surface area contributed by atoms with E-state index in [0.29, 0.717) is 0 Å². The molecule has 0 amide bonds. The second-order valence-corrected chi connectivity index (χ2v) is 4.12. The van der Waals surface area contributed by atoms with Gasteiger partial charge in [0.25, 0.3) is 10.1 Å². The van der Waals surface area contributed by atoms with Crippen LogP contribution in [0, 0.1) is 0 Å². The summed E-state index contributed by atoms with van der Waals surface area (Å²) in [5, 5.41) is 23.9. The maximum Gasteiger partial charge on any atom is 0.321 e. The first kappa shape index (κ1) is 17.2. The molecule has 0 unspecified atom stereocenters. The van der Waals surface area contributed by atoms with Crippen LogP contribution in [0.3, 0.4) is 0 Å². The summed E-state index contributed by atoms with van der Waals surface area (Å²) in [6.45, 7) is -0.529. The number of hydrogen-bond donors (Lipinski definition) is 5. The summed E-state index contributed by atoms with van der Waals surface area (Å²) in [6.07, 6.45) is -0.532. The molecule has 0 aromatic carbocycles. The SMILES string of the molecule is N[C@@H](CC(=O)O)C(=O)O.O=S(=O)(O)CCO. The molecule has 9 nitrogen and oxygen atoms in total. The largest absolute Gasteiger partial charge is 0.481 e. The number of hydrogen-bond acceptors (Lipinski definition) is 6. The van der Waals surface area contributed by atoms with Gasteiger partial charge in [-0.3, -0.25) is 14.1 Å². The molecule has 0 saturated carbocycles. The lowest BCUT2D eigenvalue weighted by Gasteiger charge is -1.99. The number of carbonyl (C=O) groups is 2. The third-order valence-corrected chi connectivity index (χ3v) is 1.76. The Bertz CT molecular complexity index is 323. The van der Waals surface area contributed by atoms with Crippen molar-refractivity contribution in [3.63, 3.8) is 0 Å². The van der Waals surface area contributed by atoms with E-state index in [0.717, 1.165) is 0 Å². The lowest BCUT2D eigenvalue weighted by molar-refractivity contribution is -0.144. The van der Waals surface area contributed by atoms with Gasteiger partial charge in [0, 0.05) is 0 Å². The molecule has 0 aromatic rings. The van der Waals surface area contributed by atoms with E-state index in [1.165, 1.54) is 0 Å². The summed E-state index contributed by atoms with van der Waals surface area (Å²) in [4.78, 5) is 19.6. The number of carboxylic acids is 2. The zero-order valence-corrected chi connectivity index (χ0v) is 8.92. The Kier molecular flexibility index (Phi) is 8.57. The van der Waals surface area contributed by atoms with Crippen molar-refractivity contribution in [2.75, 3.05) is 12.4 Å². The quantitative estimate of drug-likeness (QED) is 0.341. The van der Waals surface area contributed by atoms with Gasteiger partial charge in [-0.25, -0.2) is 0 Å². The van der Waals surface area contributed by atoms with Crippen molar-refractivity contribution >= 4 is 22.1 Å². The standard InChI is InChI=1S/C4H7NO4.C2H6O4S/c5-2(4(8)9)1-3(6)7;3-1-2-7(4,5)6/h2H,1,5H2,(H,6,7)(H,8,9);3H,1-2H2,(H,4,5,6)/t2-;/m0./s1. The minimum Gasteiger partial charge on any atom is -0.481 e. The normalized spacial score (nSPS) is 12.2. The van der Waals surface area contributed by atoms with E-state index in [4.69, 9.17) is 25.6 Å². The number of aliphatic hydroxyl groups excluding tert-OH is 1. The van der Waals surface area contributed by atoms with E-state index in [9.17, 15) is 18.0 Å². The van der Waals surface area contributed by atoms with Crippen LogP contribution >= 0.6 is 0 Å². The van der Waals surface area contributed by atoms with Crippen molar-refractivity contribution in [1.29, 1.82) is 0 Å². The molecule has 0 fully saturated rings. The Morgan fingerprint density at radius 1 is 1.25 bits per heavy atom. The third kappa shape index (κ3) is 15.3. The van der Waals surface area contributed by atoms with E-state index >= 15 is 0 Å². The maximum atomic E-state index is 9.85. The maximum absolute atomic E-state index is 9.85. The van der Waals surface area contributed by atoms with Crippen LogP contribution in [0.15, 0.2) is 0 Å². The second-order valence-electron chi connectivity index (χ2n) is 2.55. The fourth-order valence-corrected chi connectivity index (χ4v) is 0.622. The van der Waals surface area contributed by atoms with Crippen molar-refractivity contribution in [1.82, 2.24) is 0 Å².